The van der Waals surface area contributed by atoms with Gasteiger partial charge in [0.15, 0.2) is 0 Å². The molecule has 0 bridgehead atoms. The largest absolute Gasteiger partial charge is 0.270 e. The average Bonchev–Trinajstić information content (AvgIpc) is 3.09. The van der Waals surface area contributed by atoms with Crippen molar-refractivity contribution in [2.24, 2.45) is 0 Å². The lowest BCUT2D eigenvalue weighted by Crippen LogP contribution is -2.17. The first-order chi connectivity index (χ1) is 10.9. The zero-order valence-electron chi connectivity index (χ0n) is 13.9. The van der Waals surface area contributed by atoms with Crippen molar-refractivity contribution in [1.82, 2.24) is 19.0 Å². The van der Waals surface area contributed by atoms with E-state index in [2.05, 4.69) is 23.2 Å². The zero-order chi connectivity index (χ0) is 16.9. The highest BCUT2D eigenvalue weighted by molar-refractivity contribution is 7.98. The van der Waals surface area contributed by atoms with Crippen molar-refractivity contribution in [1.29, 1.82) is 0 Å². The van der Waals surface area contributed by atoms with Gasteiger partial charge in [0.05, 0.1) is 11.4 Å². The first-order valence-corrected chi connectivity index (χ1v) is 10.6. The molecule has 0 aromatic carbocycles. The van der Waals surface area contributed by atoms with Crippen molar-refractivity contribution < 1.29 is 8.42 Å². The monoisotopic (exact) mass is 356 g/mol. The van der Waals surface area contributed by atoms with Gasteiger partial charge in [-0.05, 0) is 45.1 Å². The molecule has 2 heterocycles. The maximum Gasteiger partial charge on any atom is 0.253 e. The zero-order valence-corrected chi connectivity index (χ0v) is 15.5. The summed E-state index contributed by atoms with van der Waals surface area (Å²) in [5.41, 5.74) is 2.21. The van der Waals surface area contributed by atoms with E-state index in [1.165, 1.54) is 23.7 Å². The van der Waals surface area contributed by atoms with Crippen molar-refractivity contribution >= 4 is 21.8 Å². The highest BCUT2D eigenvalue weighted by Crippen LogP contribution is 2.13. The molecule has 23 heavy (non-hydrogen) atoms. The molecular weight excluding hydrogens is 332 g/mol. The summed E-state index contributed by atoms with van der Waals surface area (Å²) in [7, 11) is -3.32. The molecule has 0 aliphatic heterocycles. The van der Waals surface area contributed by atoms with Crippen LogP contribution in [0.2, 0.25) is 0 Å². The van der Waals surface area contributed by atoms with Crippen LogP contribution in [0, 0.1) is 13.8 Å². The van der Waals surface area contributed by atoms with E-state index >= 15 is 0 Å². The van der Waals surface area contributed by atoms with Gasteiger partial charge in [0, 0.05) is 18.4 Å². The van der Waals surface area contributed by atoms with Gasteiger partial charge in [-0.15, -0.1) is 11.8 Å². The fraction of sp³-hybridized carbons (Fsp3) is 0.600. The van der Waals surface area contributed by atoms with Gasteiger partial charge in [0.25, 0.3) is 10.0 Å². The molecule has 6 nitrogen and oxygen atoms in total. The van der Waals surface area contributed by atoms with Crippen molar-refractivity contribution in [3.05, 3.63) is 29.7 Å². The predicted molar refractivity (Wildman–Crippen MR) is 93.4 cm³/mol. The van der Waals surface area contributed by atoms with Gasteiger partial charge in [-0.25, -0.2) is 8.42 Å². The molecule has 0 unspecified atom stereocenters. The van der Waals surface area contributed by atoms with Crippen molar-refractivity contribution in [2.45, 2.75) is 51.1 Å². The number of aromatic nitrogens is 4. The van der Waals surface area contributed by atoms with Gasteiger partial charge < -0.3 is 0 Å². The van der Waals surface area contributed by atoms with E-state index in [0.29, 0.717) is 6.42 Å². The van der Waals surface area contributed by atoms with Crippen LogP contribution in [0.25, 0.3) is 0 Å². The highest BCUT2D eigenvalue weighted by atomic mass is 32.2. The highest BCUT2D eigenvalue weighted by Gasteiger charge is 2.14. The van der Waals surface area contributed by atoms with E-state index in [-0.39, 0.29) is 5.75 Å². The van der Waals surface area contributed by atoms with Crippen molar-refractivity contribution in [3.8, 4) is 0 Å². The molecule has 128 valence electrons. The number of hydrogen-bond acceptors (Lipinski definition) is 5. The maximum atomic E-state index is 12.1. The Morgan fingerprint density at radius 3 is 2.48 bits per heavy atom. The van der Waals surface area contributed by atoms with Gasteiger partial charge in [-0.1, -0.05) is 12.8 Å². The Bertz CT molecular complexity index is 734. The standard InChI is InChI=1S/C15H24N4O2S2/c1-13-12-14(2)18(16-13)9-6-4-5-7-11-23(20,21)19-10-8-15(17-19)22-3/h8,10,12H,4-7,9,11H2,1-3H3. The molecule has 0 amide bonds. The number of rotatable bonds is 9. The van der Waals surface area contributed by atoms with Crippen molar-refractivity contribution in [3.63, 3.8) is 0 Å². The Morgan fingerprint density at radius 2 is 1.87 bits per heavy atom. The van der Waals surface area contributed by atoms with E-state index in [9.17, 15) is 8.42 Å². The Morgan fingerprint density at radius 1 is 1.13 bits per heavy atom. The lowest BCUT2D eigenvalue weighted by atomic mass is 10.2. The Kier molecular flexibility index (Phi) is 6.29. The van der Waals surface area contributed by atoms with Crippen LogP contribution in [-0.2, 0) is 16.6 Å². The van der Waals surface area contributed by atoms with Crippen molar-refractivity contribution in [2.75, 3.05) is 12.0 Å². The van der Waals surface area contributed by atoms with E-state index < -0.39 is 10.0 Å². The molecule has 2 aromatic heterocycles. The van der Waals surface area contributed by atoms with Crippen LogP contribution in [0.4, 0.5) is 0 Å². The lowest BCUT2D eigenvalue weighted by molar-refractivity contribution is 0.526. The van der Waals surface area contributed by atoms with Gasteiger partial charge in [-0.2, -0.15) is 14.3 Å². The Balaban J connectivity index is 1.69. The molecule has 2 aromatic rings. The molecule has 0 aliphatic rings. The summed E-state index contributed by atoms with van der Waals surface area (Å²) in [6.45, 7) is 4.94. The number of nitrogens with zero attached hydrogens (tertiary/aromatic N) is 4. The fourth-order valence-corrected chi connectivity index (χ4v) is 4.08. The molecule has 0 radical (unpaired) electrons. The molecule has 0 spiro atoms. The minimum atomic E-state index is -3.32. The molecule has 8 heteroatoms. The lowest BCUT2D eigenvalue weighted by Gasteiger charge is -2.06. The summed E-state index contributed by atoms with van der Waals surface area (Å²) < 4.78 is 27.4. The number of unbranched alkanes of at least 4 members (excludes halogenated alkanes) is 3. The van der Waals surface area contributed by atoms with E-state index in [0.717, 1.165) is 40.6 Å². The Hall–Kier alpha value is -1.28. The van der Waals surface area contributed by atoms with Gasteiger partial charge >= 0.3 is 0 Å². The second kappa shape index (κ2) is 8.01. The molecule has 0 saturated carbocycles. The molecule has 0 aliphatic carbocycles. The van der Waals surface area contributed by atoms with E-state index in [1.54, 1.807) is 6.07 Å². The summed E-state index contributed by atoms with van der Waals surface area (Å²) in [5.74, 6) is 0.141. The third-order valence-electron chi connectivity index (χ3n) is 3.66. The predicted octanol–water partition coefficient (Wildman–Crippen LogP) is 2.86. The van der Waals surface area contributed by atoms with Crippen LogP contribution in [0.3, 0.4) is 0 Å². The third-order valence-corrected chi connectivity index (χ3v) is 5.88. The van der Waals surface area contributed by atoms with Gasteiger partial charge in [0.1, 0.15) is 5.03 Å². The summed E-state index contributed by atoms with van der Waals surface area (Å²) in [4.78, 5) is 0. The van der Waals surface area contributed by atoms with Crippen LogP contribution in [0.1, 0.15) is 37.1 Å². The first kappa shape index (κ1) is 18.1. The van der Waals surface area contributed by atoms with Crippen LogP contribution in [-0.4, -0.2) is 39.4 Å². The molecular formula is C15H24N4O2S2. The minimum absolute atomic E-state index is 0.141. The molecule has 0 atom stereocenters. The van der Waals surface area contributed by atoms with Crippen LogP contribution in [0.15, 0.2) is 23.4 Å². The quantitative estimate of drug-likeness (QED) is 0.510. The Labute approximate surface area is 142 Å². The second-order valence-electron chi connectivity index (χ2n) is 5.61. The van der Waals surface area contributed by atoms with Crippen LogP contribution in [0.5, 0.6) is 0 Å². The van der Waals surface area contributed by atoms with Crippen LogP contribution < -0.4 is 0 Å². The molecule has 2 rings (SSSR count). The number of thioether (sulfide) groups is 1. The third kappa shape index (κ3) is 5.10. The average molecular weight is 357 g/mol. The van der Waals surface area contributed by atoms with Gasteiger partial charge in [-0.3, -0.25) is 4.68 Å². The minimum Gasteiger partial charge on any atom is -0.270 e. The summed E-state index contributed by atoms with van der Waals surface area (Å²) in [5, 5.41) is 9.19. The second-order valence-corrected chi connectivity index (χ2v) is 8.38. The summed E-state index contributed by atoms with van der Waals surface area (Å²) in [6, 6.07) is 3.79. The summed E-state index contributed by atoms with van der Waals surface area (Å²) in [6.07, 6.45) is 6.97. The van der Waals surface area contributed by atoms with Crippen LogP contribution >= 0.6 is 11.8 Å². The first-order valence-electron chi connectivity index (χ1n) is 7.76. The normalized spacial score (nSPS) is 12.0. The smallest absolute Gasteiger partial charge is 0.253 e. The number of aryl methyl sites for hydroxylation is 3. The SMILES string of the molecule is CSc1ccn(S(=O)(=O)CCCCCCn2nc(C)cc2C)n1. The maximum absolute atomic E-state index is 12.1. The molecule has 0 saturated heterocycles. The van der Waals surface area contributed by atoms with E-state index in [4.69, 9.17) is 0 Å². The topological polar surface area (TPSA) is 69.8 Å². The molecule has 0 N–H and O–H groups in total. The summed E-state index contributed by atoms with van der Waals surface area (Å²) >= 11 is 1.44. The van der Waals surface area contributed by atoms with E-state index in [1.807, 2.05) is 17.9 Å². The van der Waals surface area contributed by atoms with Gasteiger partial charge in [0.2, 0.25) is 0 Å². The fourth-order valence-electron chi connectivity index (χ4n) is 2.45. The molecule has 0 fully saturated rings. The number of hydrogen-bond donors (Lipinski definition) is 0.